The molecule has 6 radical (unpaired) electrons. The summed E-state index contributed by atoms with van der Waals surface area (Å²) >= 11 is 1.57. The molecule has 27 heavy (non-hydrogen) atoms. The first-order valence-corrected chi connectivity index (χ1v) is 13.0. The number of aryl methyl sites for hydroxylation is 1. The van der Waals surface area contributed by atoms with Crippen molar-refractivity contribution in [1.29, 1.82) is 0 Å². The summed E-state index contributed by atoms with van der Waals surface area (Å²) in [5.74, 6) is 6.23. The van der Waals surface area contributed by atoms with Gasteiger partial charge in [0, 0.05) is 0 Å². The van der Waals surface area contributed by atoms with Crippen molar-refractivity contribution in [2.45, 2.75) is 26.5 Å². The van der Waals surface area contributed by atoms with Crippen LogP contribution in [0.15, 0.2) is 18.2 Å². The van der Waals surface area contributed by atoms with Crippen molar-refractivity contribution in [2.24, 2.45) is 0 Å². The van der Waals surface area contributed by atoms with Gasteiger partial charge in [0.05, 0.1) is 7.11 Å². The molecule has 1 aliphatic heterocycles. The first kappa shape index (κ1) is 22.6. The Morgan fingerprint density at radius 1 is 1.44 bits per heavy atom. The van der Waals surface area contributed by atoms with E-state index in [4.69, 9.17) is 4.74 Å². The number of hydrogen-bond acceptors (Lipinski definition) is 4. The number of likely N-dealkylation sites (N-methyl/N-ethyl adjacent to an activating group) is 1. The third-order valence-electron chi connectivity index (χ3n) is 4.67. The van der Waals surface area contributed by atoms with Gasteiger partial charge in [-0.2, -0.15) is 0 Å². The van der Waals surface area contributed by atoms with Gasteiger partial charge in [-0.25, -0.2) is 0 Å². The van der Waals surface area contributed by atoms with Gasteiger partial charge in [-0.05, 0) is 6.92 Å². The molecular weight excluding hydrogens is 735 g/mol. The van der Waals surface area contributed by atoms with Crippen LogP contribution in [0.2, 0.25) is 1.04 Å². The number of nitrogens with zero attached hydrogens (tertiary/aromatic N) is 2. The molecule has 0 aliphatic carbocycles. The molecule has 2 atom stereocenters. The molecule has 2 rings (SSSR count). The zero-order chi connectivity index (χ0) is 20.1. The standard InChI is InChI=1S/C19H22N2O4.2Pb/c1-13-10-15(7-8-18(13)25-4)6-5-9-20(3)16-11-17(19(23)24)21(12-16)14(2)22;;/h2,7-8,10,16-17H,9,11-12H2,1,3-4H3,(H,23,24);;. The Balaban J connectivity index is 2.02. The molecule has 2 unspecified atom stereocenters. The van der Waals surface area contributed by atoms with E-state index in [1.807, 2.05) is 37.1 Å². The van der Waals surface area contributed by atoms with E-state index in [1.54, 1.807) is 12.0 Å². The van der Waals surface area contributed by atoms with Gasteiger partial charge in [0.25, 0.3) is 0 Å². The zero-order valence-electron chi connectivity index (χ0n) is 15.7. The topological polar surface area (TPSA) is 70.1 Å². The number of benzene rings is 1. The van der Waals surface area contributed by atoms with Crippen LogP contribution in [0.3, 0.4) is 0 Å². The van der Waals surface area contributed by atoms with E-state index in [1.165, 1.54) is 0 Å². The number of carbonyl (C=O) groups excluding carboxylic acids is 1. The molecule has 1 aliphatic rings. The maximum absolute atomic E-state index is 12.4. The fraction of sp³-hybridized carbons (Fsp3) is 0.474. The van der Waals surface area contributed by atoms with E-state index in [2.05, 4.69) is 11.8 Å². The van der Waals surface area contributed by atoms with Gasteiger partial charge in [0.15, 0.2) is 0 Å². The summed E-state index contributed by atoms with van der Waals surface area (Å²) < 4.78 is 5.32. The van der Waals surface area contributed by atoms with E-state index in [-0.39, 0.29) is 13.0 Å². The summed E-state index contributed by atoms with van der Waals surface area (Å²) in [6.07, 6.45) is 0.455. The van der Waals surface area contributed by atoms with Crippen LogP contribution >= 0.6 is 0 Å². The van der Waals surface area contributed by atoms with Crippen molar-refractivity contribution in [3.8, 4) is 17.6 Å². The van der Waals surface area contributed by atoms with Gasteiger partial charge in [0.1, 0.15) is 5.75 Å². The van der Waals surface area contributed by atoms with Crippen LogP contribution in [-0.2, 0) is 9.59 Å². The van der Waals surface area contributed by atoms with E-state index in [0.29, 0.717) is 19.5 Å². The van der Waals surface area contributed by atoms with Crippen molar-refractivity contribution in [3.05, 3.63) is 29.3 Å². The third-order valence-corrected chi connectivity index (χ3v) is 6.59. The number of rotatable bonds is 5. The average molecular weight is 757 g/mol. The average Bonchev–Trinajstić information content (AvgIpc) is 3.06. The molecule has 0 bridgehead atoms. The van der Waals surface area contributed by atoms with Crippen molar-refractivity contribution >= 4 is 63.4 Å². The third kappa shape index (κ3) is 5.90. The smallest absolute Gasteiger partial charge is 0.0361 e. The molecule has 1 N–H and O–H groups in total. The number of carbonyl (C=O) groups is 2. The molecule has 140 valence electrons. The van der Waals surface area contributed by atoms with Crippen LogP contribution in [-0.4, -0.2) is 118 Å². The van der Waals surface area contributed by atoms with Crippen molar-refractivity contribution in [3.63, 3.8) is 0 Å². The Morgan fingerprint density at radius 3 is 2.70 bits per heavy atom. The van der Waals surface area contributed by atoms with E-state index in [0.717, 1.165) is 68.4 Å². The molecule has 0 spiro atoms. The summed E-state index contributed by atoms with van der Waals surface area (Å²) in [5, 5.41) is 9.48. The minimum atomic E-state index is -0.914. The predicted molar refractivity (Wildman–Crippen MR) is 104 cm³/mol. The summed E-state index contributed by atoms with van der Waals surface area (Å²) in [6.45, 7) is 2.97. The Morgan fingerprint density at radius 2 is 2.15 bits per heavy atom. The van der Waals surface area contributed by atoms with Gasteiger partial charge in [-0.15, -0.1) is 0 Å². The number of aliphatic carboxylic acids is 1. The molecule has 1 fully saturated rings. The first-order valence-electron chi connectivity index (χ1n) is 8.53. The molecule has 1 saturated heterocycles. The molecular formula is C19H22N2O4Pb2. The first-order chi connectivity index (χ1) is 12.7. The fourth-order valence-electron chi connectivity index (χ4n) is 3.13. The molecule has 0 aromatic heterocycles. The number of likely N-dealkylation sites (tertiary alicyclic amines) is 1. The summed E-state index contributed by atoms with van der Waals surface area (Å²) in [7, 11) is 3.58. The molecule has 0 saturated carbocycles. The van der Waals surface area contributed by atoms with Crippen molar-refractivity contribution in [1.82, 2.24) is 9.80 Å². The molecule has 6 nitrogen and oxygen atoms in total. The van der Waals surface area contributed by atoms with Crippen LogP contribution in [0.4, 0.5) is 0 Å². The SMILES string of the molecule is COc1ccc(C#CCN(C)C2CC(C(=O)O)N(C(=O)[CH]([Pb])[Pb])C2)cc1C. The van der Waals surface area contributed by atoms with Crippen LogP contribution in [0.1, 0.15) is 17.5 Å². The summed E-state index contributed by atoms with van der Waals surface area (Å²) in [5.41, 5.74) is 1.95. The van der Waals surface area contributed by atoms with Gasteiger partial charge < -0.3 is 4.74 Å². The molecule has 1 amide bonds. The number of carboxylic acids is 1. The Bertz CT molecular complexity index is 773. The Hall–Kier alpha value is -0.676. The molecule has 1 heterocycles. The fourth-order valence-corrected chi connectivity index (χ4v) is 4.42. The Labute approximate surface area is 192 Å². The van der Waals surface area contributed by atoms with E-state index < -0.39 is 12.0 Å². The number of hydrogen-bond donors (Lipinski definition) is 1. The second-order valence-electron chi connectivity index (χ2n) is 6.57. The summed E-state index contributed by atoms with van der Waals surface area (Å²) in [4.78, 5) is 27.6. The maximum atomic E-state index is 12.4. The molecule has 1 aromatic carbocycles. The van der Waals surface area contributed by atoms with Crippen LogP contribution in [0, 0.1) is 18.8 Å². The minimum absolute atomic E-state index is 0.0106. The predicted octanol–water partition coefficient (Wildman–Crippen LogP) is 0.424. The van der Waals surface area contributed by atoms with E-state index >= 15 is 0 Å². The van der Waals surface area contributed by atoms with Crippen molar-refractivity contribution < 1.29 is 19.4 Å². The van der Waals surface area contributed by atoms with Crippen molar-refractivity contribution in [2.75, 3.05) is 27.2 Å². The zero-order valence-corrected chi connectivity index (χ0v) is 23.4. The Kier molecular flexibility index (Phi) is 8.54. The quantitative estimate of drug-likeness (QED) is 0.349. The van der Waals surface area contributed by atoms with Crippen LogP contribution < -0.4 is 4.74 Å². The van der Waals surface area contributed by atoms with Crippen LogP contribution in [0.5, 0.6) is 5.75 Å². The van der Waals surface area contributed by atoms with E-state index in [9.17, 15) is 14.7 Å². The number of methoxy groups -OCH3 is 1. The normalized spacial score (nSPS) is 19.1. The molecule has 8 heteroatoms. The minimum Gasteiger partial charge on any atom is -0.0361 e. The van der Waals surface area contributed by atoms with Crippen LogP contribution in [0.25, 0.3) is 0 Å². The summed E-state index contributed by atoms with van der Waals surface area (Å²) in [6, 6.07) is 5.11. The second kappa shape index (κ2) is 10.2. The monoisotopic (exact) mass is 758 g/mol. The van der Waals surface area contributed by atoms with Gasteiger partial charge in [-0.1, -0.05) is 0 Å². The second-order valence-corrected chi connectivity index (χ2v) is 19.8. The number of carboxylic acid groups (broad SMARTS) is 1. The molecule has 1 aromatic rings. The van der Waals surface area contributed by atoms with Gasteiger partial charge in [-0.3, -0.25) is 0 Å². The van der Waals surface area contributed by atoms with Gasteiger partial charge in [0.2, 0.25) is 0 Å². The number of amides is 1. The van der Waals surface area contributed by atoms with Gasteiger partial charge >= 0.3 is 169 Å². The number of ether oxygens (including phenoxy) is 1.